The summed E-state index contributed by atoms with van der Waals surface area (Å²) in [6, 6.07) is 2.97. The van der Waals surface area contributed by atoms with Crippen LogP contribution in [0.4, 0.5) is 0 Å². The van der Waals surface area contributed by atoms with Gasteiger partial charge in [0.15, 0.2) is 0 Å². The first-order valence-electron chi connectivity index (χ1n) is 5.41. The van der Waals surface area contributed by atoms with Gasteiger partial charge in [0.05, 0.1) is 31.4 Å². The molecule has 0 aromatic carbocycles. The summed E-state index contributed by atoms with van der Waals surface area (Å²) in [5.41, 5.74) is 0.367. The maximum Gasteiger partial charge on any atom is 0.308 e. The number of aryl methyl sites for hydroxylation is 1. The van der Waals surface area contributed by atoms with Gasteiger partial charge in [-0.3, -0.25) is 9.59 Å². The van der Waals surface area contributed by atoms with Crippen LogP contribution in [-0.4, -0.2) is 33.6 Å². The third-order valence-corrected chi connectivity index (χ3v) is 2.09. The van der Waals surface area contributed by atoms with E-state index < -0.39 is 12.1 Å². The molecule has 0 aliphatic carbocycles. The van der Waals surface area contributed by atoms with Crippen molar-refractivity contribution in [1.29, 1.82) is 0 Å². The predicted molar refractivity (Wildman–Crippen MR) is 60.5 cm³/mol. The molecule has 0 saturated carbocycles. The van der Waals surface area contributed by atoms with Crippen molar-refractivity contribution in [1.82, 2.24) is 9.78 Å². The number of aliphatic hydroxyl groups is 1. The molecule has 6 heteroatoms. The van der Waals surface area contributed by atoms with Crippen molar-refractivity contribution in [3.05, 3.63) is 28.2 Å². The van der Waals surface area contributed by atoms with E-state index in [4.69, 9.17) is 4.74 Å². The van der Waals surface area contributed by atoms with Crippen LogP contribution >= 0.6 is 0 Å². The van der Waals surface area contributed by atoms with Crippen molar-refractivity contribution in [2.45, 2.75) is 32.9 Å². The van der Waals surface area contributed by atoms with Crippen LogP contribution in [0.3, 0.4) is 0 Å². The van der Waals surface area contributed by atoms with Gasteiger partial charge in [-0.2, -0.15) is 5.10 Å². The van der Waals surface area contributed by atoms with Crippen molar-refractivity contribution < 1.29 is 14.6 Å². The quantitative estimate of drug-likeness (QED) is 0.725. The second-order valence-corrected chi connectivity index (χ2v) is 3.66. The first kappa shape index (κ1) is 13.4. The highest BCUT2D eigenvalue weighted by atomic mass is 16.5. The van der Waals surface area contributed by atoms with Crippen molar-refractivity contribution in [2.75, 3.05) is 6.61 Å². The number of hydrogen-bond acceptors (Lipinski definition) is 5. The summed E-state index contributed by atoms with van der Waals surface area (Å²) in [6.45, 7) is 3.69. The number of carbonyl (C=O) groups excluding carboxylic acids is 1. The van der Waals surface area contributed by atoms with Crippen LogP contribution in [0.2, 0.25) is 0 Å². The lowest BCUT2D eigenvalue weighted by molar-refractivity contribution is -0.145. The molecule has 0 saturated heterocycles. The third-order valence-electron chi connectivity index (χ3n) is 2.09. The number of carbonyl (C=O) groups is 1. The van der Waals surface area contributed by atoms with Gasteiger partial charge < -0.3 is 9.84 Å². The molecule has 17 heavy (non-hydrogen) atoms. The molecule has 1 heterocycles. The van der Waals surface area contributed by atoms with Crippen LogP contribution in [0, 0.1) is 6.92 Å². The highest BCUT2D eigenvalue weighted by molar-refractivity contribution is 5.69. The van der Waals surface area contributed by atoms with Crippen molar-refractivity contribution in [3.63, 3.8) is 0 Å². The Labute approximate surface area is 98.8 Å². The molecule has 0 amide bonds. The number of rotatable bonds is 5. The molecule has 0 aliphatic rings. The van der Waals surface area contributed by atoms with E-state index in [2.05, 4.69) is 5.10 Å². The van der Waals surface area contributed by atoms with Crippen LogP contribution in [-0.2, 0) is 16.1 Å². The summed E-state index contributed by atoms with van der Waals surface area (Å²) in [7, 11) is 0. The van der Waals surface area contributed by atoms with Gasteiger partial charge in [0.1, 0.15) is 0 Å². The predicted octanol–water partition coefficient (Wildman–Crippen LogP) is -0.134. The SMILES string of the molecule is CCOC(=O)CC(O)Cn1nc(C)ccc1=O. The minimum atomic E-state index is -0.971. The van der Waals surface area contributed by atoms with Crippen LogP contribution in [0.15, 0.2) is 16.9 Å². The van der Waals surface area contributed by atoms with E-state index >= 15 is 0 Å². The third kappa shape index (κ3) is 4.36. The monoisotopic (exact) mass is 240 g/mol. The zero-order valence-electron chi connectivity index (χ0n) is 9.92. The summed E-state index contributed by atoms with van der Waals surface area (Å²) < 4.78 is 5.84. The first-order valence-corrected chi connectivity index (χ1v) is 5.41. The molecule has 0 spiro atoms. The number of aromatic nitrogens is 2. The van der Waals surface area contributed by atoms with Gasteiger partial charge in [0.25, 0.3) is 5.56 Å². The molecule has 0 radical (unpaired) electrons. The summed E-state index contributed by atoms with van der Waals surface area (Å²) in [5, 5.41) is 13.6. The molecule has 94 valence electrons. The van der Waals surface area contributed by atoms with Crippen molar-refractivity contribution in [3.8, 4) is 0 Å². The lowest BCUT2D eigenvalue weighted by Crippen LogP contribution is -2.30. The number of aliphatic hydroxyl groups excluding tert-OH is 1. The van der Waals surface area contributed by atoms with Crippen molar-refractivity contribution >= 4 is 5.97 Å². The Morgan fingerprint density at radius 3 is 2.94 bits per heavy atom. The molecular weight excluding hydrogens is 224 g/mol. The lowest BCUT2D eigenvalue weighted by atomic mass is 10.2. The molecule has 0 aliphatic heterocycles. The smallest absolute Gasteiger partial charge is 0.308 e. The van der Waals surface area contributed by atoms with E-state index in [9.17, 15) is 14.7 Å². The van der Waals surface area contributed by atoms with E-state index in [0.29, 0.717) is 5.69 Å². The zero-order chi connectivity index (χ0) is 12.8. The Balaban J connectivity index is 2.61. The fraction of sp³-hybridized carbons (Fsp3) is 0.545. The van der Waals surface area contributed by atoms with Crippen LogP contribution in [0.1, 0.15) is 19.0 Å². The summed E-state index contributed by atoms with van der Waals surface area (Å²) in [4.78, 5) is 22.5. The van der Waals surface area contributed by atoms with E-state index in [1.54, 1.807) is 19.9 Å². The Morgan fingerprint density at radius 1 is 1.59 bits per heavy atom. The highest BCUT2D eigenvalue weighted by Gasteiger charge is 2.13. The van der Waals surface area contributed by atoms with Gasteiger partial charge in [0.2, 0.25) is 0 Å². The molecule has 0 bridgehead atoms. The molecule has 6 nitrogen and oxygen atoms in total. The topological polar surface area (TPSA) is 81.4 Å². The van der Waals surface area contributed by atoms with Crippen molar-refractivity contribution in [2.24, 2.45) is 0 Å². The average Bonchev–Trinajstić information content (AvgIpc) is 2.23. The Morgan fingerprint density at radius 2 is 2.29 bits per heavy atom. The number of nitrogens with zero attached hydrogens (tertiary/aromatic N) is 2. The van der Waals surface area contributed by atoms with Gasteiger partial charge in [0, 0.05) is 6.07 Å². The average molecular weight is 240 g/mol. The van der Waals surface area contributed by atoms with E-state index in [1.165, 1.54) is 6.07 Å². The van der Waals surface area contributed by atoms with E-state index in [1.807, 2.05) is 0 Å². The fourth-order valence-electron chi connectivity index (χ4n) is 1.36. The Hall–Kier alpha value is -1.69. The molecule has 1 unspecified atom stereocenters. The minimum absolute atomic E-state index is 0.0146. The van der Waals surface area contributed by atoms with Gasteiger partial charge >= 0.3 is 5.97 Å². The molecular formula is C11H16N2O4. The van der Waals surface area contributed by atoms with Crippen LogP contribution in [0.25, 0.3) is 0 Å². The summed E-state index contributed by atoms with van der Waals surface area (Å²) in [5.74, 6) is -0.485. The van der Waals surface area contributed by atoms with Gasteiger partial charge in [-0.15, -0.1) is 0 Å². The first-order chi connectivity index (χ1) is 8.02. The van der Waals surface area contributed by atoms with E-state index in [0.717, 1.165) is 4.68 Å². The number of ether oxygens (including phenoxy) is 1. The van der Waals surface area contributed by atoms with Crippen LogP contribution in [0.5, 0.6) is 0 Å². The highest BCUT2D eigenvalue weighted by Crippen LogP contribution is 1.97. The van der Waals surface area contributed by atoms with Gasteiger partial charge in [-0.05, 0) is 19.9 Å². The second kappa shape index (κ2) is 6.15. The van der Waals surface area contributed by atoms with Crippen LogP contribution < -0.4 is 5.56 Å². The zero-order valence-corrected chi connectivity index (χ0v) is 9.92. The summed E-state index contributed by atoms with van der Waals surface area (Å²) >= 11 is 0. The second-order valence-electron chi connectivity index (χ2n) is 3.66. The maximum atomic E-state index is 11.4. The molecule has 1 rings (SSSR count). The number of esters is 1. The maximum absolute atomic E-state index is 11.4. The molecule has 1 N–H and O–H groups in total. The molecule has 1 aromatic heterocycles. The van der Waals surface area contributed by atoms with Gasteiger partial charge in [-0.25, -0.2) is 4.68 Å². The Kier molecular flexibility index (Phi) is 4.84. The number of hydrogen-bond donors (Lipinski definition) is 1. The summed E-state index contributed by atoms with van der Waals surface area (Å²) in [6.07, 6.45) is -1.11. The molecule has 1 aromatic rings. The van der Waals surface area contributed by atoms with E-state index in [-0.39, 0.29) is 25.1 Å². The normalized spacial score (nSPS) is 12.2. The fourth-order valence-corrected chi connectivity index (χ4v) is 1.36. The Bertz CT molecular complexity index is 441. The molecule has 0 fully saturated rings. The molecule has 1 atom stereocenters. The largest absolute Gasteiger partial charge is 0.466 e. The standard InChI is InChI=1S/C11H16N2O4/c1-3-17-11(16)6-9(14)7-13-10(15)5-4-8(2)12-13/h4-5,9,14H,3,6-7H2,1-2H3. The minimum Gasteiger partial charge on any atom is -0.466 e. The lowest BCUT2D eigenvalue weighted by Gasteiger charge is -2.11. The van der Waals surface area contributed by atoms with Gasteiger partial charge in [-0.1, -0.05) is 0 Å².